The molecule has 0 nitrogen and oxygen atoms in total. The number of hydrogen-bond donors (Lipinski definition) is 0. The summed E-state index contributed by atoms with van der Waals surface area (Å²) in [5, 5.41) is 3.02. The molecule has 3 rings (SSSR count). The summed E-state index contributed by atoms with van der Waals surface area (Å²) in [6.07, 6.45) is 1.50. The fourth-order valence-electron chi connectivity index (χ4n) is 2.04. The Hall–Kier alpha value is 1.75. The van der Waals surface area contributed by atoms with Crippen molar-refractivity contribution in [2.45, 2.75) is 22.2 Å². The zero-order chi connectivity index (χ0) is 11.5. The highest BCUT2D eigenvalue weighted by atomic mass is 32.2. The predicted octanol–water partition coefficient (Wildman–Crippen LogP) is 3.81. The molecular formula is C12H20S5. The molecule has 0 saturated carbocycles. The highest BCUT2D eigenvalue weighted by molar-refractivity contribution is 8.09. The summed E-state index contributed by atoms with van der Waals surface area (Å²) >= 11 is 11.0. The lowest BCUT2D eigenvalue weighted by Crippen LogP contribution is -2.08. The minimum absolute atomic E-state index is 0.977. The summed E-state index contributed by atoms with van der Waals surface area (Å²) in [5.74, 6) is 11.0. The van der Waals surface area contributed by atoms with Crippen LogP contribution in [0.4, 0.5) is 0 Å². The normalized spacial score (nSPS) is 39.5. The first kappa shape index (κ1) is 13.7. The Morgan fingerprint density at radius 2 is 1.29 bits per heavy atom. The van der Waals surface area contributed by atoms with Crippen LogP contribution in [0.15, 0.2) is 0 Å². The van der Waals surface area contributed by atoms with E-state index in [2.05, 4.69) is 58.8 Å². The van der Waals surface area contributed by atoms with Crippen molar-refractivity contribution in [3.8, 4) is 0 Å². The van der Waals surface area contributed by atoms with Crippen molar-refractivity contribution in [3.05, 3.63) is 0 Å². The molecule has 0 spiro atoms. The zero-order valence-electron chi connectivity index (χ0n) is 10.0. The van der Waals surface area contributed by atoms with Gasteiger partial charge in [0.05, 0.1) is 0 Å². The van der Waals surface area contributed by atoms with Crippen molar-refractivity contribution in [2.75, 3.05) is 40.3 Å². The Balaban J connectivity index is 1.22. The van der Waals surface area contributed by atoms with Gasteiger partial charge in [-0.25, -0.2) is 0 Å². The van der Waals surface area contributed by atoms with Crippen molar-refractivity contribution < 1.29 is 0 Å². The van der Waals surface area contributed by atoms with Crippen LogP contribution in [0.25, 0.3) is 0 Å². The highest BCUT2D eigenvalue weighted by Gasteiger charge is 2.28. The van der Waals surface area contributed by atoms with E-state index in [0.717, 1.165) is 21.7 Å². The molecule has 3 heterocycles. The van der Waals surface area contributed by atoms with Gasteiger partial charge < -0.3 is 0 Å². The predicted molar refractivity (Wildman–Crippen MR) is 91.5 cm³/mol. The van der Waals surface area contributed by atoms with Gasteiger partial charge in [-0.1, -0.05) is 0 Å². The van der Waals surface area contributed by atoms with Gasteiger partial charge in [0, 0.05) is 44.5 Å². The molecular weight excluding hydrogens is 304 g/mol. The van der Waals surface area contributed by atoms with Gasteiger partial charge in [0.2, 0.25) is 0 Å². The summed E-state index contributed by atoms with van der Waals surface area (Å²) in [5.41, 5.74) is 0. The fraction of sp³-hybridized carbons (Fsp3) is 1.00. The van der Waals surface area contributed by atoms with E-state index in [-0.39, 0.29) is 0 Å². The van der Waals surface area contributed by atoms with Crippen LogP contribution in [0.2, 0.25) is 0 Å². The topological polar surface area (TPSA) is 0 Å². The fourth-order valence-corrected chi connectivity index (χ4v) is 8.24. The standard InChI is InChI=1S/C12H20S5/c1-9(2-13-5-11-7-16-11)3-15-10(1)4-14-6-12-8-17-12/h9-12H,1-8H2. The van der Waals surface area contributed by atoms with Gasteiger partial charge in [-0.05, 0) is 23.8 Å². The van der Waals surface area contributed by atoms with Crippen LogP contribution in [0.1, 0.15) is 6.42 Å². The van der Waals surface area contributed by atoms with E-state index in [1.807, 2.05) is 0 Å². The summed E-state index contributed by atoms with van der Waals surface area (Å²) in [6, 6.07) is 0. The summed E-state index contributed by atoms with van der Waals surface area (Å²) in [4.78, 5) is 0. The van der Waals surface area contributed by atoms with Crippen LogP contribution in [0.3, 0.4) is 0 Å². The third kappa shape index (κ3) is 5.33. The Bertz CT molecular complexity index is 215. The largest absolute Gasteiger partial charge is 0.161 e. The Morgan fingerprint density at radius 3 is 1.94 bits per heavy atom. The lowest BCUT2D eigenvalue weighted by molar-refractivity contribution is 0.639. The summed E-state index contributed by atoms with van der Waals surface area (Å²) < 4.78 is 0. The Kier molecular flexibility index (Phi) is 5.62. The maximum absolute atomic E-state index is 2.25. The van der Waals surface area contributed by atoms with E-state index < -0.39 is 0 Å². The quantitative estimate of drug-likeness (QED) is 0.621. The Morgan fingerprint density at radius 1 is 0.706 bits per heavy atom. The average Bonchev–Trinajstić information content (AvgIpc) is 3.22. The number of rotatable bonds is 8. The SMILES string of the molecule is C(SCC1CS1)C1CSC(CSCC2CS2)C1. The molecule has 3 aliphatic rings. The first-order valence-corrected chi connectivity index (χ1v) is 11.9. The van der Waals surface area contributed by atoms with Crippen molar-refractivity contribution >= 4 is 58.8 Å². The molecule has 4 atom stereocenters. The van der Waals surface area contributed by atoms with Crippen LogP contribution in [0.5, 0.6) is 0 Å². The molecule has 0 aliphatic carbocycles. The van der Waals surface area contributed by atoms with Gasteiger partial charge in [-0.15, -0.1) is 0 Å². The average molecular weight is 325 g/mol. The molecule has 3 aliphatic heterocycles. The van der Waals surface area contributed by atoms with E-state index in [1.165, 1.54) is 46.7 Å². The molecule has 0 N–H and O–H groups in total. The van der Waals surface area contributed by atoms with Crippen LogP contribution in [-0.4, -0.2) is 56.0 Å². The number of hydrogen-bond acceptors (Lipinski definition) is 5. The smallest absolute Gasteiger partial charge is 0.0229 e. The maximum atomic E-state index is 2.25. The molecule has 98 valence electrons. The van der Waals surface area contributed by atoms with Crippen LogP contribution >= 0.6 is 58.8 Å². The van der Waals surface area contributed by atoms with E-state index in [9.17, 15) is 0 Å². The molecule has 17 heavy (non-hydrogen) atoms. The minimum atomic E-state index is 0.977. The zero-order valence-corrected chi connectivity index (χ0v) is 14.1. The molecule has 0 amide bonds. The third-order valence-electron chi connectivity index (χ3n) is 3.23. The van der Waals surface area contributed by atoms with Crippen molar-refractivity contribution in [3.63, 3.8) is 0 Å². The lowest BCUT2D eigenvalue weighted by atomic mass is 10.1. The molecule has 0 aromatic heterocycles. The molecule has 4 unspecified atom stereocenters. The number of thioether (sulfide) groups is 5. The molecule has 3 fully saturated rings. The van der Waals surface area contributed by atoms with Crippen molar-refractivity contribution in [2.24, 2.45) is 5.92 Å². The first-order chi connectivity index (χ1) is 8.40. The van der Waals surface area contributed by atoms with Crippen molar-refractivity contribution in [1.82, 2.24) is 0 Å². The van der Waals surface area contributed by atoms with Crippen LogP contribution in [-0.2, 0) is 0 Å². The second kappa shape index (κ2) is 6.96. The summed E-state index contributed by atoms with van der Waals surface area (Å²) in [6.45, 7) is 0. The first-order valence-electron chi connectivity index (χ1n) is 6.40. The molecule has 0 radical (unpaired) electrons. The van der Waals surface area contributed by atoms with Gasteiger partial charge in [0.25, 0.3) is 0 Å². The van der Waals surface area contributed by atoms with Gasteiger partial charge in [-0.3, -0.25) is 0 Å². The summed E-state index contributed by atoms with van der Waals surface area (Å²) in [7, 11) is 0. The van der Waals surface area contributed by atoms with Gasteiger partial charge >= 0.3 is 0 Å². The van der Waals surface area contributed by atoms with E-state index >= 15 is 0 Å². The van der Waals surface area contributed by atoms with Gasteiger partial charge in [-0.2, -0.15) is 58.8 Å². The molecule has 3 saturated heterocycles. The Labute approximate surface area is 126 Å². The lowest BCUT2D eigenvalue weighted by Gasteiger charge is -2.09. The van der Waals surface area contributed by atoms with E-state index in [0.29, 0.717) is 0 Å². The molecule has 0 aromatic rings. The van der Waals surface area contributed by atoms with Crippen LogP contribution < -0.4 is 0 Å². The van der Waals surface area contributed by atoms with Crippen LogP contribution in [0, 0.1) is 5.92 Å². The molecule has 5 heteroatoms. The minimum Gasteiger partial charge on any atom is -0.161 e. The van der Waals surface area contributed by atoms with Gasteiger partial charge in [0.1, 0.15) is 0 Å². The van der Waals surface area contributed by atoms with Crippen molar-refractivity contribution in [1.29, 1.82) is 0 Å². The van der Waals surface area contributed by atoms with Gasteiger partial charge in [0.15, 0.2) is 0 Å². The molecule has 0 aromatic carbocycles. The van der Waals surface area contributed by atoms with E-state index in [4.69, 9.17) is 0 Å². The maximum Gasteiger partial charge on any atom is 0.0229 e. The highest BCUT2D eigenvalue weighted by Crippen LogP contribution is 2.39. The monoisotopic (exact) mass is 324 g/mol. The molecule has 0 bridgehead atoms. The second-order valence-electron chi connectivity index (χ2n) is 5.04. The second-order valence-corrected chi connectivity index (χ2v) is 11.2. The van der Waals surface area contributed by atoms with E-state index in [1.54, 1.807) is 0 Å². The third-order valence-corrected chi connectivity index (χ3v) is 9.92.